The fourth-order valence-corrected chi connectivity index (χ4v) is 5.14. The summed E-state index contributed by atoms with van der Waals surface area (Å²) in [5.41, 5.74) is 0.677. The molecule has 35 heavy (non-hydrogen) atoms. The summed E-state index contributed by atoms with van der Waals surface area (Å²) >= 11 is 7.04. The highest BCUT2D eigenvalue weighted by molar-refractivity contribution is 7.17. The number of amides is 1. The molecule has 1 aliphatic heterocycles. The molecule has 0 bridgehead atoms. The van der Waals surface area contributed by atoms with Crippen LogP contribution in [0.25, 0.3) is 11.0 Å². The molecule has 2 aromatic heterocycles. The van der Waals surface area contributed by atoms with Crippen LogP contribution in [0.2, 0.25) is 5.02 Å². The molecule has 0 spiro atoms. The van der Waals surface area contributed by atoms with Crippen LogP contribution in [-0.4, -0.2) is 23.5 Å². The Balaban J connectivity index is 1.72. The molecular weight excluding hydrogens is 495 g/mol. The monoisotopic (exact) mass is 510 g/mol. The Morgan fingerprint density at radius 1 is 1.29 bits per heavy atom. The molecule has 1 aliphatic rings. The Hall–Kier alpha value is -3.82. The zero-order valence-corrected chi connectivity index (χ0v) is 19.8. The van der Waals surface area contributed by atoms with E-state index in [2.05, 4.69) is 11.6 Å². The summed E-state index contributed by atoms with van der Waals surface area (Å²) in [5, 5.41) is 0.713. The van der Waals surface area contributed by atoms with E-state index in [4.69, 9.17) is 20.8 Å². The van der Waals surface area contributed by atoms with Crippen molar-refractivity contribution in [3.05, 3.63) is 104 Å². The van der Waals surface area contributed by atoms with Crippen molar-refractivity contribution in [2.45, 2.75) is 13.0 Å². The number of rotatable bonds is 5. The van der Waals surface area contributed by atoms with Gasteiger partial charge in [0.25, 0.3) is 5.91 Å². The van der Waals surface area contributed by atoms with Crippen molar-refractivity contribution < 1.29 is 23.1 Å². The van der Waals surface area contributed by atoms with Gasteiger partial charge in [-0.3, -0.25) is 14.5 Å². The molecule has 0 fully saturated rings. The lowest BCUT2D eigenvalue weighted by atomic mass is 9.99. The molecule has 0 N–H and O–H groups in total. The first-order valence-electron chi connectivity index (χ1n) is 10.4. The van der Waals surface area contributed by atoms with E-state index in [-0.39, 0.29) is 38.9 Å². The second-order valence-corrected chi connectivity index (χ2v) is 9.16. The maximum atomic E-state index is 13.7. The van der Waals surface area contributed by atoms with Crippen LogP contribution in [-0.2, 0) is 4.74 Å². The van der Waals surface area contributed by atoms with E-state index in [1.54, 1.807) is 13.0 Å². The Bertz CT molecular complexity index is 1580. The molecule has 2 aromatic carbocycles. The summed E-state index contributed by atoms with van der Waals surface area (Å²) in [7, 11) is 0. The second-order valence-electron chi connectivity index (χ2n) is 7.74. The highest BCUT2D eigenvalue weighted by atomic mass is 35.5. The van der Waals surface area contributed by atoms with Crippen LogP contribution in [0.4, 0.5) is 9.52 Å². The quantitative estimate of drug-likeness (QED) is 0.262. The summed E-state index contributed by atoms with van der Waals surface area (Å²) in [5.74, 6) is -1.84. The van der Waals surface area contributed by atoms with E-state index in [0.717, 1.165) is 11.3 Å². The van der Waals surface area contributed by atoms with Crippen LogP contribution >= 0.6 is 22.9 Å². The van der Waals surface area contributed by atoms with E-state index >= 15 is 0 Å². The fourth-order valence-electron chi connectivity index (χ4n) is 3.98. The Kier molecular flexibility index (Phi) is 5.74. The molecule has 176 valence electrons. The molecular formula is C25H16ClFN2O5S. The normalized spacial score (nSPS) is 14.9. The predicted molar refractivity (Wildman–Crippen MR) is 130 cm³/mol. The van der Waals surface area contributed by atoms with Crippen molar-refractivity contribution in [2.75, 3.05) is 11.5 Å². The Labute approximate surface area is 207 Å². The highest BCUT2D eigenvalue weighted by Gasteiger charge is 2.45. The Morgan fingerprint density at radius 2 is 2.03 bits per heavy atom. The van der Waals surface area contributed by atoms with Gasteiger partial charge < -0.3 is 9.15 Å². The van der Waals surface area contributed by atoms with Gasteiger partial charge in [-0.25, -0.2) is 14.2 Å². The molecule has 0 aliphatic carbocycles. The van der Waals surface area contributed by atoms with Gasteiger partial charge in [-0.15, -0.1) is 0 Å². The molecule has 5 rings (SSSR count). The standard InChI is InChI=1S/C25H16ClFN2O5S/c1-3-10-33-24(32)22-12(2)28-25(35-22)29-19(13-4-7-15(27)8-5-13)18-20(30)16-11-14(26)6-9-17(16)34-21(18)23(29)31/h3-9,11,19H,1,10H2,2H3. The number of anilines is 1. The first-order chi connectivity index (χ1) is 16.8. The van der Waals surface area contributed by atoms with Crippen molar-refractivity contribution in [1.29, 1.82) is 0 Å². The van der Waals surface area contributed by atoms with Crippen molar-refractivity contribution >= 4 is 50.9 Å². The van der Waals surface area contributed by atoms with Crippen LogP contribution < -0.4 is 10.3 Å². The first kappa shape index (κ1) is 22.9. The SMILES string of the molecule is C=CCOC(=O)c1sc(N2C(=O)c3oc4ccc(Cl)cc4c(=O)c3C2c2ccc(F)cc2)nc1C. The maximum Gasteiger partial charge on any atom is 0.350 e. The number of ether oxygens (including phenoxy) is 1. The van der Waals surface area contributed by atoms with E-state index in [1.165, 1.54) is 47.4 Å². The molecule has 4 aromatic rings. The predicted octanol–water partition coefficient (Wildman–Crippen LogP) is 5.44. The summed E-state index contributed by atoms with van der Waals surface area (Å²) in [4.78, 5) is 45.5. The van der Waals surface area contributed by atoms with E-state index < -0.39 is 29.2 Å². The van der Waals surface area contributed by atoms with Gasteiger partial charge in [0.1, 0.15) is 22.9 Å². The summed E-state index contributed by atoms with van der Waals surface area (Å²) in [6, 6.07) is 9.02. The maximum absolute atomic E-state index is 13.7. The van der Waals surface area contributed by atoms with Gasteiger partial charge in [0.15, 0.2) is 10.6 Å². The van der Waals surface area contributed by atoms with E-state index in [0.29, 0.717) is 16.3 Å². The molecule has 1 atom stereocenters. The van der Waals surface area contributed by atoms with Crippen molar-refractivity contribution in [1.82, 2.24) is 4.98 Å². The molecule has 1 amide bonds. The van der Waals surface area contributed by atoms with Crippen LogP contribution in [0.3, 0.4) is 0 Å². The average Bonchev–Trinajstić information content (AvgIpc) is 3.36. The molecule has 10 heteroatoms. The molecule has 3 heterocycles. The minimum Gasteiger partial charge on any atom is -0.457 e. The third kappa shape index (κ3) is 3.82. The zero-order chi connectivity index (χ0) is 24.9. The number of nitrogens with zero attached hydrogens (tertiary/aromatic N) is 2. The van der Waals surface area contributed by atoms with Gasteiger partial charge >= 0.3 is 5.97 Å². The second kappa shape index (κ2) is 8.75. The minimum atomic E-state index is -0.958. The lowest BCUT2D eigenvalue weighted by Gasteiger charge is -2.22. The summed E-state index contributed by atoms with van der Waals surface area (Å²) in [6.07, 6.45) is 1.44. The van der Waals surface area contributed by atoms with Crippen LogP contribution in [0, 0.1) is 12.7 Å². The zero-order valence-electron chi connectivity index (χ0n) is 18.2. The largest absolute Gasteiger partial charge is 0.457 e. The van der Waals surface area contributed by atoms with Crippen molar-refractivity contribution in [3.8, 4) is 0 Å². The lowest BCUT2D eigenvalue weighted by molar-refractivity contribution is 0.0554. The van der Waals surface area contributed by atoms with Gasteiger partial charge in [0.2, 0.25) is 5.76 Å². The lowest BCUT2D eigenvalue weighted by Crippen LogP contribution is -2.29. The number of aromatic nitrogens is 1. The van der Waals surface area contributed by atoms with Crippen molar-refractivity contribution in [2.24, 2.45) is 0 Å². The average molecular weight is 511 g/mol. The smallest absolute Gasteiger partial charge is 0.350 e. The number of thiazole rings is 1. The van der Waals surface area contributed by atoms with Crippen LogP contribution in [0.5, 0.6) is 0 Å². The van der Waals surface area contributed by atoms with Crippen molar-refractivity contribution in [3.63, 3.8) is 0 Å². The highest BCUT2D eigenvalue weighted by Crippen LogP contribution is 2.43. The first-order valence-corrected chi connectivity index (χ1v) is 11.6. The van der Waals surface area contributed by atoms with Gasteiger partial charge in [0.05, 0.1) is 22.7 Å². The number of benzene rings is 2. The number of fused-ring (bicyclic) bond motifs is 2. The van der Waals surface area contributed by atoms with E-state index in [1.807, 2.05) is 0 Å². The van der Waals surface area contributed by atoms with Gasteiger partial charge in [-0.1, -0.05) is 47.7 Å². The molecule has 1 unspecified atom stereocenters. The third-order valence-electron chi connectivity index (χ3n) is 5.53. The number of aryl methyl sites for hydroxylation is 1. The van der Waals surface area contributed by atoms with Gasteiger partial charge in [0, 0.05) is 5.02 Å². The fraction of sp³-hybridized carbons (Fsp3) is 0.120. The van der Waals surface area contributed by atoms with Crippen LogP contribution in [0.15, 0.2) is 64.3 Å². The van der Waals surface area contributed by atoms with E-state index in [9.17, 15) is 18.8 Å². The minimum absolute atomic E-state index is 0.0192. The molecule has 0 saturated heterocycles. The molecule has 0 saturated carbocycles. The number of esters is 1. The number of carbonyl (C=O) groups excluding carboxylic acids is 2. The number of hydrogen-bond donors (Lipinski definition) is 0. The summed E-state index contributed by atoms with van der Waals surface area (Å²) in [6.45, 7) is 5.15. The van der Waals surface area contributed by atoms with Crippen LogP contribution in [0.1, 0.15) is 43.1 Å². The number of halogens is 2. The summed E-state index contributed by atoms with van der Waals surface area (Å²) < 4.78 is 24.7. The molecule has 0 radical (unpaired) electrons. The van der Waals surface area contributed by atoms with Gasteiger partial charge in [-0.2, -0.15) is 0 Å². The topological polar surface area (TPSA) is 89.7 Å². The number of hydrogen-bond acceptors (Lipinski definition) is 7. The number of carbonyl (C=O) groups is 2. The molecule has 7 nitrogen and oxygen atoms in total. The Morgan fingerprint density at radius 3 is 2.74 bits per heavy atom. The van der Waals surface area contributed by atoms with Gasteiger partial charge in [-0.05, 0) is 42.8 Å². The third-order valence-corrected chi connectivity index (χ3v) is 6.90.